The quantitative estimate of drug-likeness (QED) is 0.866. The molecule has 0 spiro atoms. The number of halogens is 2. The van der Waals surface area contributed by atoms with E-state index < -0.39 is 11.6 Å². The minimum Gasteiger partial charge on any atom is -0.325 e. The van der Waals surface area contributed by atoms with Crippen LogP contribution in [0.3, 0.4) is 0 Å². The van der Waals surface area contributed by atoms with Crippen molar-refractivity contribution in [3.8, 4) is 0 Å². The number of carbonyl (C=O) groups is 1. The summed E-state index contributed by atoms with van der Waals surface area (Å²) in [5.74, 6) is -1.52. The van der Waals surface area contributed by atoms with Gasteiger partial charge in [0.25, 0.3) is 0 Å². The topological polar surface area (TPSA) is 56.0 Å². The predicted molar refractivity (Wildman–Crippen MR) is 64.4 cm³/mol. The molecule has 2 aromatic rings. The van der Waals surface area contributed by atoms with Gasteiger partial charge in [0.05, 0.1) is 0 Å². The Hall–Kier alpha value is -1.66. The van der Waals surface area contributed by atoms with Crippen LogP contribution in [-0.4, -0.2) is 10.8 Å². The highest BCUT2D eigenvalue weighted by atomic mass is 32.1. The van der Waals surface area contributed by atoms with Gasteiger partial charge in [0.15, 0.2) is 5.78 Å². The molecular formula is C12H10F2N2OS. The molecule has 1 aromatic heterocycles. The van der Waals surface area contributed by atoms with Crippen LogP contribution in [0.15, 0.2) is 23.6 Å². The zero-order valence-corrected chi connectivity index (χ0v) is 10.1. The van der Waals surface area contributed by atoms with Gasteiger partial charge in [-0.05, 0) is 23.8 Å². The highest BCUT2D eigenvalue weighted by Crippen LogP contribution is 2.15. The second kappa shape index (κ2) is 5.32. The number of hydrogen-bond acceptors (Lipinski definition) is 4. The number of thiazole rings is 1. The van der Waals surface area contributed by atoms with E-state index in [2.05, 4.69) is 4.98 Å². The first-order valence-corrected chi connectivity index (χ1v) is 6.09. The number of carbonyl (C=O) groups excluding carboxylic acids is 1. The SMILES string of the molecule is NCc1nc(C(=O)Cc2cc(F)ccc2F)cs1. The van der Waals surface area contributed by atoms with Crippen LogP contribution in [0.25, 0.3) is 0 Å². The van der Waals surface area contributed by atoms with Crippen LogP contribution in [-0.2, 0) is 13.0 Å². The van der Waals surface area contributed by atoms with Crippen molar-refractivity contribution >= 4 is 17.1 Å². The number of rotatable bonds is 4. The van der Waals surface area contributed by atoms with E-state index in [1.54, 1.807) is 5.38 Å². The number of aromatic nitrogens is 1. The molecule has 0 saturated heterocycles. The van der Waals surface area contributed by atoms with Crippen LogP contribution in [0, 0.1) is 11.6 Å². The standard InChI is InChI=1S/C12H10F2N2OS/c13-8-1-2-9(14)7(3-8)4-11(17)10-6-18-12(5-15)16-10/h1-3,6H,4-5,15H2. The van der Waals surface area contributed by atoms with Crippen molar-refractivity contribution in [2.24, 2.45) is 5.73 Å². The number of benzene rings is 1. The maximum atomic E-state index is 13.4. The summed E-state index contributed by atoms with van der Waals surface area (Å²) in [4.78, 5) is 15.8. The molecule has 18 heavy (non-hydrogen) atoms. The molecule has 0 aliphatic carbocycles. The molecule has 0 aliphatic rings. The smallest absolute Gasteiger partial charge is 0.186 e. The van der Waals surface area contributed by atoms with E-state index in [-0.39, 0.29) is 30.0 Å². The largest absolute Gasteiger partial charge is 0.325 e. The monoisotopic (exact) mass is 268 g/mol. The van der Waals surface area contributed by atoms with Gasteiger partial charge in [-0.2, -0.15) is 0 Å². The van der Waals surface area contributed by atoms with Gasteiger partial charge in [0.2, 0.25) is 0 Å². The average Bonchev–Trinajstić information content (AvgIpc) is 2.82. The zero-order valence-electron chi connectivity index (χ0n) is 9.32. The van der Waals surface area contributed by atoms with Crippen molar-refractivity contribution < 1.29 is 13.6 Å². The first kappa shape index (κ1) is 12.8. The number of nitrogens with two attached hydrogens (primary N) is 1. The van der Waals surface area contributed by atoms with Crippen molar-refractivity contribution in [1.82, 2.24) is 4.98 Å². The fraction of sp³-hybridized carbons (Fsp3) is 0.167. The first-order valence-electron chi connectivity index (χ1n) is 5.21. The summed E-state index contributed by atoms with van der Waals surface area (Å²) >= 11 is 1.27. The van der Waals surface area contributed by atoms with Gasteiger partial charge in [-0.1, -0.05) is 0 Å². The van der Waals surface area contributed by atoms with Crippen molar-refractivity contribution in [3.63, 3.8) is 0 Å². The van der Waals surface area contributed by atoms with Crippen LogP contribution < -0.4 is 5.73 Å². The fourth-order valence-electron chi connectivity index (χ4n) is 1.48. The molecule has 0 saturated carbocycles. The van der Waals surface area contributed by atoms with E-state index in [0.29, 0.717) is 5.01 Å². The lowest BCUT2D eigenvalue weighted by molar-refractivity contribution is 0.0987. The zero-order chi connectivity index (χ0) is 13.1. The van der Waals surface area contributed by atoms with E-state index in [4.69, 9.17) is 5.73 Å². The molecule has 2 N–H and O–H groups in total. The Labute approximate surface area is 106 Å². The van der Waals surface area contributed by atoms with E-state index >= 15 is 0 Å². The minimum absolute atomic E-state index is 0.0299. The van der Waals surface area contributed by atoms with E-state index in [9.17, 15) is 13.6 Å². The summed E-state index contributed by atoms with van der Waals surface area (Å²) in [5, 5.41) is 2.21. The Kier molecular flexibility index (Phi) is 3.78. The lowest BCUT2D eigenvalue weighted by Crippen LogP contribution is -2.07. The molecule has 0 unspecified atom stereocenters. The van der Waals surface area contributed by atoms with Gasteiger partial charge in [0.1, 0.15) is 22.3 Å². The van der Waals surface area contributed by atoms with E-state index in [0.717, 1.165) is 18.2 Å². The van der Waals surface area contributed by atoms with Crippen molar-refractivity contribution in [2.75, 3.05) is 0 Å². The fourth-order valence-corrected chi connectivity index (χ4v) is 2.15. The lowest BCUT2D eigenvalue weighted by Gasteiger charge is -2.01. The third-order valence-corrected chi connectivity index (χ3v) is 3.24. The van der Waals surface area contributed by atoms with Crippen LogP contribution in [0.4, 0.5) is 8.78 Å². The second-order valence-corrected chi connectivity index (χ2v) is 4.61. The molecule has 1 aromatic carbocycles. The van der Waals surface area contributed by atoms with Crippen molar-refractivity contribution in [2.45, 2.75) is 13.0 Å². The summed E-state index contributed by atoms with van der Waals surface area (Å²) in [7, 11) is 0. The number of ketones is 1. The molecule has 0 atom stereocenters. The van der Waals surface area contributed by atoms with E-state index in [1.807, 2.05) is 0 Å². The molecule has 3 nitrogen and oxygen atoms in total. The van der Waals surface area contributed by atoms with E-state index in [1.165, 1.54) is 11.3 Å². The molecular weight excluding hydrogens is 258 g/mol. The summed E-state index contributed by atoms with van der Waals surface area (Å²) in [5.41, 5.74) is 5.66. The van der Waals surface area contributed by atoms with Gasteiger partial charge in [-0.3, -0.25) is 4.79 Å². The molecule has 0 bridgehead atoms. The Morgan fingerprint density at radius 3 is 2.83 bits per heavy atom. The van der Waals surface area contributed by atoms with Crippen molar-refractivity contribution in [3.05, 3.63) is 51.5 Å². The third kappa shape index (κ3) is 2.77. The molecule has 0 radical (unpaired) electrons. The predicted octanol–water partition coefficient (Wildman–Crippen LogP) is 2.31. The summed E-state index contributed by atoms with van der Waals surface area (Å²) < 4.78 is 26.3. The Bertz CT molecular complexity index is 583. The average molecular weight is 268 g/mol. The van der Waals surface area contributed by atoms with Crippen LogP contribution in [0.5, 0.6) is 0 Å². The van der Waals surface area contributed by atoms with Gasteiger partial charge in [-0.15, -0.1) is 11.3 Å². The van der Waals surface area contributed by atoms with Crippen LogP contribution in [0.1, 0.15) is 21.1 Å². The summed E-state index contributed by atoms with van der Waals surface area (Å²) in [6, 6.07) is 3.03. The normalized spacial score (nSPS) is 10.6. The lowest BCUT2D eigenvalue weighted by atomic mass is 10.1. The third-order valence-electron chi connectivity index (χ3n) is 2.37. The van der Waals surface area contributed by atoms with Crippen LogP contribution >= 0.6 is 11.3 Å². The maximum Gasteiger partial charge on any atom is 0.186 e. The first-order chi connectivity index (χ1) is 8.60. The van der Waals surface area contributed by atoms with Crippen molar-refractivity contribution in [1.29, 1.82) is 0 Å². The molecule has 6 heteroatoms. The summed E-state index contributed by atoms with van der Waals surface area (Å²) in [6.45, 7) is 0.256. The Balaban J connectivity index is 2.18. The Morgan fingerprint density at radius 2 is 2.17 bits per heavy atom. The highest BCUT2D eigenvalue weighted by molar-refractivity contribution is 7.09. The van der Waals surface area contributed by atoms with Crippen LogP contribution in [0.2, 0.25) is 0 Å². The molecule has 0 amide bonds. The summed E-state index contributed by atoms with van der Waals surface area (Å²) in [6.07, 6.45) is -0.211. The highest BCUT2D eigenvalue weighted by Gasteiger charge is 2.14. The number of nitrogens with zero attached hydrogens (tertiary/aromatic N) is 1. The number of hydrogen-bond donors (Lipinski definition) is 1. The van der Waals surface area contributed by atoms with Gasteiger partial charge >= 0.3 is 0 Å². The minimum atomic E-state index is -0.598. The number of Topliss-reactive ketones (excluding diaryl/α,β-unsaturated/α-hetero) is 1. The Morgan fingerprint density at radius 1 is 1.39 bits per heavy atom. The maximum absolute atomic E-state index is 13.4. The van der Waals surface area contributed by atoms with Gasteiger partial charge < -0.3 is 5.73 Å². The van der Waals surface area contributed by atoms with Gasteiger partial charge in [-0.25, -0.2) is 13.8 Å². The molecule has 0 aliphatic heterocycles. The molecule has 0 fully saturated rings. The molecule has 1 heterocycles. The molecule has 94 valence electrons. The second-order valence-electron chi connectivity index (χ2n) is 3.67. The molecule has 2 rings (SSSR count). The van der Waals surface area contributed by atoms with Gasteiger partial charge in [0, 0.05) is 18.3 Å².